The highest BCUT2D eigenvalue weighted by Gasteiger charge is 2.10. The summed E-state index contributed by atoms with van der Waals surface area (Å²) in [5.41, 5.74) is 2.11. The Bertz CT molecular complexity index is 537. The van der Waals surface area contributed by atoms with E-state index in [1.807, 2.05) is 24.3 Å². The molecule has 2 N–H and O–H groups in total. The first-order valence-corrected chi connectivity index (χ1v) is 7.68. The van der Waals surface area contributed by atoms with Crippen molar-refractivity contribution in [2.24, 2.45) is 5.92 Å². The van der Waals surface area contributed by atoms with Gasteiger partial charge < -0.3 is 10.3 Å². The highest BCUT2D eigenvalue weighted by Crippen LogP contribution is 2.19. The molecule has 5 heteroatoms. The summed E-state index contributed by atoms with van der Waals surface area (Å²) >= 11 is 0. The zero-order chi connectivity index (χ0) is 13.7. The molecule has 4 nitrogen and oxygen atoms in total. The van der Waals surface area contributed by atoms with Gasteiger partial charge in [-0.25, -0.2) is 4.98 Å². The number of imidazole rings is 1. The van der Waals surface area contributed by atoms with Crippen LogP contribution in [-0.4, -0.2) is 20.7 Å². The Morgan fingerprint density at radius 2 is 2.16 bits per heavy atom. The number of hydrogen-bond donors (Lipinski definition) is 2. The van der Waals surface area contributed by atoms with Crippen LogP contribution in [0.3, 0.4) is 0 Å². The van der Waals surface area contributed by atoms with Gasteiger partial charge in [0.1, 0.15) is 0 Å². The minimum atomic E-state index is -1.13. The Morgan fingerprint density at radius 1 is 1.37 bits per heavy atom. The number of aromatic amines is 1. The van der Waals surface area contributed by atoms with Gasteiger partial charge >= 0.3 is 0 Å². The van der Waals surface area contributed by atoms with Crippen LogP contribution in [0.1, 0.15) is 19.4 Å². The maximum atomic E-state index is 12.2. The van der Waals surface area contributed by atoms with Crippen molar-refractivity contribution in [1.82, 2.24) is 9.97 Å². The number of rotatable bonds is 6. The summed E-state index contributed by atoms with van der Waals surface area (Å²) in [6, 6.07) is 7.98. The van der Waals surface area contributed by atoms with Crippen molar-refractivity contribution in [2.75, 3.05) is 11.9 Å². The third-order valence-electron chi connectivity index (χ3n) is 2.69. The molecule has 19 heavy (non-hydrogen) atoms. The van der Waals surface area contributed by atoms with E-state index in [1.165, 1.54) is 0 Å². The van der Waals surface area contributed by atoms with Gasteiger partial charge in [0, 0.05) is 24.6 Å². The van der Waals surface area contributed by atoms with E-state index < -0.39 is 10.8 Å². The Labute approximate surface area is 116 Å². The molecule has 0 aliphatic heterocycles. The van der Waals surface area contributed by atoms with Gasteiger partial charge in [-0.05, 0) is 17.5 Å². The molecule has 1 heterocycles. The SMILES string of the molecule is CC(C)CNc1ccccc1CS(=O)c1ncc[nH]1. The second kappa shape index (κ2) is 6.52. The normalized spacial score (nSPS) is 12.6. The van der Waals surface area contributed by atoms with Crippen LogP contribution in [0.4, 0.5) is 5.69 Å². The number of benzene rings is 1. The van der Waals surface area contributed by atoms with Gasteiger partial charge in [0.25, 0.3) is 0 Å². The summed E-state index contributed by atoms with van der Waals surface area (Å²) in [7, 11) is -1.13. The summed E-state index contributed by atoms with van der Waals surface area (Å²) in [5, 5.41) is 3.92. The lowest BCUT2D eigenvalue weighted by atomic mass is 10.1. The lowest BCUT2D eigenvalue weighted by Gasteiger charge is -2.13. The molecular formula is C14H19N3OS. The quantitative estimate of drug-likeness (QED) is 0.853. The van der Waals surface area contributed by atoms with Gasteiger partial charge in [0.05, 0.1) is 16.6 Å². The fourth-order valence-corrected chi connectivity index (χ4v) is 2.77. The monoisotopic (exact) mass is 277 g/mol. The second-order valence-corrected chi connectivity index (χ2v) is 6.18. The summed E-state index contributed by atoms with van der Waals surface area (Å²) in [6.45, 7) is 5.23. The van der Waals surface area contributed by atoms with Crippen LogP contribution in [0.2, 0.25) is 0 Å². The van der Waals surface area contributed by atoms with E-state index in [1.54, 1.807) is 12.4 Å². The van der Waals surface area contributed by atoms with Gasteiger partial charge in [-0.2, -0.15) is 0 Å². The zero-order valence-electron chi connectivity index (χ0n) is 11.2. The molecule has 0 bridgehead atoms. The summed E-state index contributed by atoms with van der Waals surface area (Å²) in [4.78, 5) is 6.94. The van der Waals surface area contributed by atoms with E-state index in [9.17, 15) is 4.21 Å². The fourth-order valence-electron chi connectivity index (χ4n) is 1.72. The van der Waals surface area contributed by atoms with Crippen molar-refractivity contribution in [3.63, 3.8) is 0 Å². The van der Waals surface area contributed by atoms with Crippen LogP contribution in [-0.2, 0) is 16.6 Å². The fraction of sp³-hybridized carbons (Fsp3) is 0.357. The average molecular weight is 277 g/mol. The number of hydrogen-bond acceptors (Lipinski definition) is 3. The van der Waals surface area contributed by atoms with Crippen molar-refractivity contribution in [3.8, 4) is 0 Å². The highest BCUT2D eigenvalue weighted by molar-refractivity contribution is 7.84. The van der Waals surface area contributed by atoms with Crippen molar-refractivity contribution < 1.29 is 4.21 Å². The average Bonchev–Trinajstić information content (AvgIpc) is 2.91. The summed E-state index contributed by atoms with van der Waals surface area (Å²) in [6.07, 6.45) is 3.31. The third kappa shape index (κ3) is 3.92. The zero-order valence-corrected chi connectivity index (χ0v) is 12.0. The second-order valence-electron chi connectivity index (χ2n) is 4.82. The molecule has 0 amide bonds. The van der Waals surface area contributed by atoms with Crippen molar-refractivity contribution in [3.05, 3.63) is 42.2 Å². The maximum absolute atomic E-state index is 12.2. The summed E-state index contributed by atoms with van der Waals surface area (Å²) in [5.74, 6) is 1.04. The van der Waals surface area contributed by atoms with Crippen molar-refractivity contribution >= 4 is 16.5 Å². The van der Waals surface area contributed by atoms with Crippen LogP contribution in [0.25, 0.3) is 0 Å². The lowest BCUT2D eigenvalue weighted by Crippen LogP contribution is -2.10. The largest absolute Gasteiger partial charge is 0.385 e. The first-order valence-electron chi connectivity index (χ1n) is 6.36. The van der Waals surface area contributed by atoms with E-state index in [0.29, 0.717) is 16.8 Å². The molecule has 0 aliphatic rings. The van der Waals surface area contributed by atoms with E-state index in [2.05, 4.69) is 29.1 Å². The predicted octanol–water partition coefficient (Wildman–Crippen LogP) is 2.79. The van der Waals surface area contributed by atoms with Crippen LogP contribution in [0.15, 0.2) is 41.8 Å². The molecule has 0 saturated heterocycles. The standard InChI is InChI=1S/C14H19N3OS/c1-11(2)9-17-13-6-4-3-5-12(13)10-19(18)14-15-7-8-16-14/h3-8,11,17H,9-10H2,1-2H3,(H,15,16). The molecule has 0 saturated carbocycles. The minimum Gasteiger partial charge on any atom is -0.385 e. The van der Waals surface area contributed by atoms with E-state index in [-0.39, 0.29) is 0 Å². The number of H-pyrrole nitrogens is 1. The number of nitrogens with one attached hydrogen (secondary N) is 2. The van der Waals surface area contributed by atoms with Crippen LogP contribution in [0, 0.1) is 5.92 Å². The number of aromatic nitrogens is 2. The first kappa shape index (κ1) is 13.8. The number of nitrogens with zero attached hydrogens (tertiary/aromatic N) is 1. The Hall–Kier alpha value is -1.62. The first-order chi connectivity index (χ1) is 9.16. The Kier molecular flexibility index (Phi) is 4.74. The molecule has 1 atom stereocenters. The van der Waals surface area contributed by atoms with E-state index >= 15 is 0 Å². The molecule has 2 rings (SSSR count). The molecule has 0 aliphatic carbocycles. The van der Waals surface area contributed by atoms with E-state index in [0.717, 1.165) is 17.8 Å². The molecular weight excluding hydrogens is 258 g/mol. The van der Waals surface area contributed by atoms with Gasteiger partial charge in [-0.15, -0.1) is 0 Å². The molecule has 1 aromatic carbocycles. The number of anilines is 1. The number of para-hydroxylation sites is 1. The topological polar surface area (TPSA) is 57.8 Å². The van der Waals surface area contributed by atoms with Gasteiger partial charge in [0.15, 0.2) is 5.16 Å². The molecule has 0 radical (unpaired) electrons. The molecule has 0 fully saturated rings. The Balaban J connectivity index is 2.09. The molecule has 1 unspecified atom stereocenters. The van der Waals surface area contributed by atoms with Crippen LogP contribution < -0.4 is 5.32 Å². The molecule has 0 spiro atoms. The smallest absolute Gasteiger partial charge is 0.196 e. The molecule has 102 valence electrons. The van der Waals surface area contributed by atoms with Gasteiger partial charge in [0.2, 0.25) is 0 Å². The third-order valence-corrected chi connectivity index (χ3v) is 3.92. The Morgan fingerprint density at radius 3 is 2.84 bits per heavy atom. The van der Waals surface area contributed by atoms with Gasteiger partial charge in [-0.3, -0.25) is 4.21 Å². The predicted molar refractivity (Wildman–Crippen MR) is 78.5 cm³/mol. The summed E-state index contributed by atoms with van der Waals surface area (Å²) < 4.78 is 12.2. The minimum absolute atomic E-state index is 0.467. The van der Waals surface area contributed by atoms with Crippen LogP contribution in [0.5, 0.6) is 0 Å². The lowest BCUT2D eigenvalue weighted by molar-refractivity contribution is 0.676. The van der Waals surface area contributed by atoms with Gasteiger partial charge in [-0.1, -0.05) is 32.0 Å². The maximum Gasteiger partial charge on any atom is 0.196 e. The van der Waals surface area contributed by atoms with E-state index in [4.69, 9.17) is 0 Å². The van der Waals surface area contributed by atoms with Crippen molar-refractivity contribution in [2.45, 2.75) is 24.8 Å². The van der Waals surface area contributed by atoms with Crippen LogP contribution >= 0.6 is 0 Å². The molecule has 1 aromatic heterocycles. The molecule has 2 aromatic rings. The highest BCUT2D eigenvalue weighted by atomic mass is 32.2. The van der Waals surface area contributed by atoms with Crippen molar-refractivity contribution in [1.29, 1.82) is 0 Å².